The summed E-state index contributed by atoms with van der Waals surface area (Å²) in [5.74, 6) is -1.50. The summed E-state index contributed by atoms with van der Waals surface area (Å²) < 4.78 is 0. The van der Waals surface area contributed by atoms with Gasteiger partial charge >= 0.3 is 5.97 Å². The first kappa shape index (κ1) is 19.0. The third-order valence-electron chi connectivity index (χ3n) is 4.70. The van der Waals surface area contributed by atoms with Crippen molar-refractivity contribution in [2.24, 2.45) is 5.92 Å². The molecule has 0 unspecified atom stereocenters. The third-order valence-corrected chi connectivity index (χ3v) is 4.70. The lowest BCUT2D eigenvalue weighted by atomic mass is 9.96. The molecule has 1 heterocycles. The number of likely N-dealkylation sites (tertiary alicyclic amines) is 1. The van der Waals surface area contributed by atoms with Crippen LogP contribution in [0.1, 0.15) is 51.6 Å². The SMILES string of the molecule is C[C@@H](c1ccccc1)N1C[C@@H](C(=O)NC(C)(C)CCC(=O)O)CC1=O. The molecule has 1 aliphatic rings. The van der Waals surface area contributed by atoms with Crippen LogP contribution in [0.3, 0.4) is 0 Å². The Morgan fingerprint density at radius 3 is 2.56 bits per heavy atom. The second-order valence-electron chi connectivity index (χ2n) is 7.30. The minimum absolute atomic E-state index is 0.00591. The van der Waals surface area contributed by atoms with E-state index in [1.807, 2.05) is 37.3 Å². The van der Waals surface area contributed by atoms with Gasteiger partial charge in [0.1, 0.15) is 0 Å². The molecule has 2 amide bonds. The standard InChI is InChI=1S/C19H26N2O4/c1-13(14-7-5-4-6-8-14)21-12-15(11-16(21)22)18(25)20-19(2,3)10-9-17(23)24/h4-8,13,15H,9-12H2,1-3H3,(H,20,25)(H,23,24)/t13-,15-/m0/s1. The molecule has 2 atom stereocenters. The second-order valence-corrected chi connectivity index (χ2v) is 7.30. The van der Waals surface area contributed by atoms with Gasteiger partial charge in [-0.15, -0.1) is 0 Å². The average Bonchev–Trinajstić information content (AvgIpc) is 2.95. The van der Waals surface area contributed by atoms with Gasteiger partial charge in [0.05, 0.1) is 12.0 Å². The van der Waals surface area contributed by atoms with Crippen molar-refractivity contribution in [3.8, 4) is 0 Å². The molecule has 1 saturated heterocycles. The molecule has 6 nitrogen and oxygen atoms in total. The molecule has 1 aromatic carbocycles. The Balaban J connectivity index is 1.97. The molecular formula is C19H26N2O4. The van der Waals surface area contributed by atoms with Crippen LogP contribution in [0.15, 0.2) is 30.3 Å². The van der Waals surface area contributed by atoms with Gasteiger partial charge in [0.2, 0.25) is 11.8 Å². The number of amides is 2. The smallest absolute Gasteiger partial charge is 0.303 e. The van der Waals surface area contributed by atoms with Crippen molar-refractivity contribution in [1.29, 1.82) is 0 Å². The maximum absolute atomic E-state index is 12.5. The van der Waals surface area contributed by atoms with Gasteiger partial charge < -0.3 is 15.3 Å². The van der Waals surface area contributed by atoms with E-state index >= 15 is 0 Å². The second kappa shape index (κ2) is 7.68. The molecule has 0 aliphatic carbocycles. The number of carboxylic acid groups (broad SMARTS) is 1. The maximum atomic E-state index is 12.5. The predicted octanol–water partition coefficient (Wildman–Crippen LogP) is 2.36. The number of aliphatic carboxylic acids is 1. The zero-order chi connectivity index (χ0) is 18.6. The zero-order valence-corrected chi connectivity index (χ0v) is 15.0. The van der Waals surface area contributed by atoms with Crippen LogP contribution in [-0.2, 0) is 14.4 Å². The Kier molecular flexibility index (Phi) is 5.82. The fraction of sp³-hybridized carbons (Fsp3) is 0.526. The molecule has 0 saturated carbocycles. The lowest BCUT2D eigenvalue weighted by molar-refractivity contribution is -0.138. The van der Waals surface area contributed by atoms with Crippen molar-refractivity contribution in [2.45, 2.75) is 51.6 Å². The van der Waals surface area contributed by atoms with Crippen molar-refractivity contribution in [1.82, 2.24) is 10.2 Å². The van der Waals surface area contributed by atoms with E-state index in [0.717, 1.165) is 5.56 Å². The lowest BCUT2D eigenvalue weighted by Crippen LogP contribution is -2.47. The molecule has 0 aromatic heterocycles. The van der Waals surface area contributed by atoms with E-state index < -0.39 is 17.4 Å². The molecule has 1 aromatic rings. The van der Waals surface area contributed by atoms with E-state index in [2.05, 4.69) is 5.32 Å². The summed E-state index contributed by atoms with van der Waals surface area (Å²) in [6, 6.07) is 9.66. The highest BCUT2D eigenvalue weighted by molar-refractivity contribution is 5.89. The number of nitrogens with zero attached hydrogens (tertiary/aromatic N) is 1. The summed E-state index contributed by atoms with van der Waals surface area (Å²) in [6.07, 6.45) is 0.533. The van der Waals surface area contributed by atoms with Crippen LogP contribution in [0.5, 0.6) is 0 Å². The van der Waals surface area contributed by atoms with Crippen molar-refractivity contribution in [3.05, 3.63) is 35.9 Å². The van der Waals surface area contributed by atoms with Gasteiger partial charge in [0, 0.05) is 24.9 Å². The van der Waals surface area contributed by atoms with Crippen LogP contribution in [0.2, 0.25) is 0 Å². The molecule has 6 heteroatoms. The number of rotatable bonds is 7. The number of hydrogen-bond donors (Lipinski definition) is 2. The van der Waals surface area contributed by atoms with Gasteiger partial charge in [0.25, 0.3) is 0 Å². The lowest BCUT2D eigenvalue weighted by Gasteiger charge is -2.28. The zero-order valence-electron chi connectivity index (χ0n) is 15.0. The monoisotopic (exact) mass is 346 g/mol. The largest absolute Gasteiger partial charge is 0.481 e. The third kappa shape index (κ3) is 5.05. The number of benzene rings is 1. The van der Waals surface area contributed by atoms with E-state index in [0.29, 0.717) is 13.0 Å². The molecule has 136 valence electrons. The Morgan fingerprint density at radius 1 is 1.32 bits per heavy atom. The van der Waals surface area contributed by atoms with Crippen LogP contribution in [0, 0.1) is 5.92 Å². The maximum Gasteiger partial charge on any atom is 0.303 e. The topological polar surface area (TPSA) is 86.7 Å². The van der Waals surface area contributed by atoms with E-state index in [9.17, 15) is 14.4 Å². The normalized spacial score (nSPS) is 18.9. The molecule has 1 fully saturated rings. The fourth-order valence-corrected chi connectivity index (χ4v) is 3.11. The van der Waals surface area contributed by atoms with E-state index in [1.165, 1.54) is 0 Å². The van der Waals surface area contributed by atoms with Gasteiger partial charge in [-0.25, -0.2) is 0 Å². The van der Waals surface area contributed by atoms with Crippen molar-refractivity contribution in [3.63, 3.8) is 0 Å². The van der Waals surface area contributed by atoms with E-state index in [4.69, 9.17) is 5.11 Å². The summed E-state index contributed by atoms with van der Waals surface area (Å²) in [4.78, 5) is 37.3. The van der Waals surface area contributed by atoms with Gasteiger partial charge in [-0.1, -0.05) is 30.3 Å². The van der Waals surface area contributed by atoms with Crippen LogP contribution in [0.25, 0.3) is 0 Å². The summed E-state index contributed by atoms with van der Waals surface area (Å²) in [5, 5.41) is 11.7. The number of carbonyl (C=O) groups is 3. The van der Waals surface area contributed by atoms with Crippen LogP contribution < -0.4 is 5.32 Å². The van der Waals surface area contributed by atoms with Crippen LogP contribution >= 0.6 is 0 Å². The Labute approximate surface area is 148 Å². The summed E-state index contributed by atoms with van der Waals surface area (Å²) in [5.41, 5.74) is 0.426. The van der Waals surface area contributed by atoms with Gasteiger partial charge in [-0.05, 0) is 32.8 Å². The highest BCUT2D eigenvalue weighted by atomic mass is 16.4. The molecule has 0 spiro atoms. The fourth-order valence-electron chi connectivity index (χ4n) is 3.11. The van der Waals surface area contributed by atoms with Crippen molar-refractivity contribution < 1.29 is 19.5 Å². The van der Waals surface area contributed by atoms with E-state index in [1.54, 1.807) is 18.7 Å². The minimum atomic E-state index is -0.888. The van der Waals surface area contributed by atoms with Crippen LogP contribution in [0.4, 0.5) is 0 Å². The molecule has 2 rings (SSSR count). The van der Waals surface area contributed by atoms with Gasteiger partial charge in [-0.3, -0.25) is 14.4 Å². The van der Waals surface area contributed by atoms with E-state index in [-0.39, 0.29) is 30.7 Å². The molecule has 0 radical (unpaired) electrons. The first-order valence-corrected chi connectivity index (χ1v) is 8.58. The molecule has 25 heavy (non-hydrogen) atoms. The van der Waals surface area contributed by atoms with Gasteiger partial charge in [0.15, 0.2) is 0 Å². The Hall–Kier alpha value is -2.37. The molecular weight excluding hydrogens is 320 g/mol. The summed E-state index contributed by atoms with van der Waals surface area (Å²) >= 11 is 0. The first-order chi connectivity index (χ1) is 11.7. The molecule has 2 N–H and O–H groups in total. The summed E-state index contributed by atoms with van der Waals surface area (Å²) in [6.45, 7) is 5.95. The summed E-state index contributed by atoms with van der Waals surface area (Å²) in [7, 11) is 0. The predicted molar refractivity (Wildman–Crippen MR) is 93.8 cm³/mol. The number of hydrogen-bond acceptors (Lipinski definition) is 3. The quantitative estimate of drug-likeness (QED) is 0.793. The van der Waals surface area contributed by atoms with Crippen LogP contribution in [-0.4, -0.2) is 39.9 Å². The van der Waals surface area contributed by atoms with Gasteiger partial charge in [-0.2, -0.15) is 0 Å². The minimum Gasteiger partial charge on any atom is -0.481 e. The Morgan fingerprint density at radius 2 is 1.96 bits per heavy atom. The van der Waals surface area contributed by atoms with Crippen molar-refractivity contribution in [2.75, 3.05) is 6.54 Å². The highest BCUT2D eigenvalue weighted by Gasteiger charge is 2.38. The number of carbonyl (C=O) groups excluding carboxylic acids is 2. The molecule has 1 aliphatic heterocycles. The molecule has 0 bridgehead atoms. The first-order valence-electron chi connectivity index (χ1n) is 8.58. The average molecular weight is 346 g/mol. The van der Waals surface area contributed by atoms with Crippen molar-refractivity contribution >= 4 is 17.8 Å². The Bertz CT molecular complexity index is 642. The highest BCUT2D eigenvalue weighted by Crippen LogP contribution is 2.29. The number of carboxylic acids is 1. The number of nitrogens with one attached hydrogen (secondary N) is 1.